The number of nitro groups is 1. The minimum Gasteiger partial charge on any atom is -0.465 e. The zero-order valence-corrected chi connectivity index (χ0v) is 16.3. The van der Waals surface area contributed by atoms with E-state index in [4.69, 9.17) is 5.11 Å². The van der Waals surface area contributed by atoms with Gasteiger partial charge in [0.05, 0.1) is 35.4 Å². The van der Waals surface area contributed by atoms with Gasteiger partial charge in [-0.1, -0.05) is 24.3 Å². The predicted molar refractivity (Wildman–Crippen MR) is 104 cm³/mol. The molecule has 12 heteroatoms. The highest BCUT2D eigenvalue weighted by atomic mass is 32.2. The standard InChI is InChI=1S/C17H22N4O7S/c22-16(23)19-11-17(24,12-19)15-10-20(8-7-18-15)29(27,28)9-3-5-13-4-1-2-6-14(13)21(25)26/h1-6,15,18,24H,7-12H2,(H,22,23). The van der Waals surface area contributed by atoms with Crippen molar-refractivity contribution in [3.8, 4) is 0 Å². The highest BCUT2D eigenvalue weighted by Crippen LogP contribution is 2.27. The van der Waals surface area contributed by atoms with Crippen LogP contribution in [0.4, 0.5) is 10.5 Å². The van der Waals surface area contributed by atoms with Gasteiger partial charge in [0.2, 0.25) is 10.0 Å². The monoisotopic (exact) mass is 426 g/mol. The van der Waals surface area contributed by atoms with E-state index < -0.39 is 32.7 Å². The number of β-amino-alcohol motifs (C(OH)–C–C–N with tert-alkyl or cyclic N) is 1. The summed E-state index contributed by atoms with van der Waals surface area (Å²) in [5.41, 5.74) is -1.12. The topological polar surface area (TPSA) is 153 Å². The fraction of sp³-hybridized carbons (Fsp3) is 0.471. The first kappa shape index (κ1) is 21.2. The van der Waals surface area contributed by atoms with Crippen LogP contribution in [0.2, 0.25) is 0 Å². The van der Waals surface area contributed by atoms with Crippen molar-refractivity contribution >= 4 is 27.9 Å². The Kier molecular flexibility index (Phi) is 5.89. The third-order valence-electron chi connectivity index (χ3n) is 5.12. The molecule has 1 amide bonds. The molecule has 2 saturated heterocycles. The molecule has 11 nitrogen and oxygen atoms in total. The van der Waals surface area contributed by atoms with Crippen molar-refractivity contribution in [2.24, 2.45) is 0 Å². The van der Waals surface area contributed by atoms with Gasteiger partial charge in [-0.3, -0.25) is 10.1 Å². The maximum atomic E-state index is 12.7. The Labute approximate surface area is 167 Å². The molecule has 1 aromatic rings. The predicted octanol–water partition coefficient (Wildman–Crippen LogP) is -0.0637. The molecule has 2 aliphatic rings. The molecule has 29 heavy (non-hydrogen) atoms. The van der Waals surface area contributed by atoms with Crippen molar-refractivity contribution in [1.82, 2.24) is 14.5 Å². The first-order valence-electron chi connectivity index (χ1n) is 8.94. The molecule has 0 bridgehead atoms. The van der Waals surface area contributed by atoms with Crippen molar-refractivity contribution in [2.45, 2.75) is 11.6 Å². The number of likely N-dealkylation sites (tertiary alicyclic amines) is 1. The molecule has 0 spiro atoms. The molecule has 2 heterocycles. The lowest BCUT2D eigenvalue weighted by molar-refractivity contribution is -0.385. The van der Waals surface area contributed by atoms with Gasteiger partial charge < -0.3 is 20.4 Å². The van der Waals surface area contributed by atoms with E-state index in [1.54, 1.807) is 6.07 Å². The van der Waals surface area contributed by atoms with Crippen LogP contribution in [-0.4, -0.2) is 89.0 Å². The molecule has 2 aliphatic heterocycles. The van der Waals surface area contributed by atoms with E-state index >= 15 is 0 Å². The van der Waals surface area contributed by atoms with Crippen LogP contribution in [0.25, 0.3) is 6.08 Å². The molecule has 2 fully saturated rings. The molecule has 1 aromatic carbocycles. The highest BCUT2D eigenvalue weighted by molar-refractivity contribution is 7.89. The van der Waals surface area contributed by atoms with Gasteiger partial charge in [0.15, 0.2) is 0 Å². The normalized spacial score (nSPS) is 22.4. The fourth-order valence-electron chi connectivity index (χ4n) is 3.50. The van der Waals surface area contributed by atoms with E-state index in [0.29, 0.717) is 12.1 Å². The van der Waals surface area contributed by atoms with Gasteiger partial charge in [0.1, 0.15) is 5.60 Å². The Morgan fingerprint density at radius 1 is 1.38 bits per heavy atom. The summed E-state index contributed by atoms with van der Waals surface area (Å²) in [4.78, 5) is 22.5. The Bertz CT molecular complexity index is 927. The number of hydrogen-bond acceptors (Lipinski definition) is 7. The Hall–Kier alpha value is -2.54. The molecule has 3 N–H and O–H groups in total. The number of nitro benzene ring substituents is 1. The van der Waals surface area contributed by atoms with Crippen LogP contribution in [0.5, 0.6) is 0 Å². The third kappa shape index (κ3) is 4.56. The second-order valence-corrected chi connectivity index (χ2v) is 9.12. The number of carbonyl (C=O) groups is 1. The molecular weight excluding hydrogens is 404 g/mol. The van der Waals surface area contributed by atoms with Crippen LogP contribution in [0, 0.1) is 10.1 Å². The molecule has 0 saturated carbocycles. The summed E-state index contributed by atoms with van der Waals surface area (Å²) in [5, 5.41) is 33.6. The minimum absolute atomic E-state index is 0.0195. The SMILES string of the molecule is O=C(O)N1CC(O)(C2CN(S(=O)(=O)CC=Cc3ccccc3[N+](=O)[O-])CCN2)C1. The Morgan fingerprint density at radius 3 is 2.72 bits per heavy atom. The first-order chi connectivity index (χ1) is 13.6. The minimum atomic E-state index is -3.70. The van der Waals surface area contributed by atoms with Crippen molar-refractivity contribution in [3.05, 3.63) is 46.0 Å². The summed E-state index contributed by atoms with van der Waals surface area (Å²) in [7, 11) is -3.70. The quantitative estimate of drug-likeness (QED) is 0.422. The number of nitrogens with zero attached hydrogens (tertiary/aromatic N) is 3. The molecule has 0 radical (unpaired) electrons. The van der Waals surface area contributed by atoms with E-state index in [9.17, 15) is 28.4 Å². The summed E-state index contributed by atoms with van der Waals surface area (Å²) < 4.78 is 26.6. The Balaban J connectivity index is 1.64. The number of piperazine rings is 1. The van der Waals surface area contributed by atoms with Crippen LogP contribution in [0.1, 0.15) is 5.56 Å². The van der Waals surface area contributed by atoms with Gasteiger partial charge in [-0.25, -0.2) is 13.2 Å². The van der Waals surface area contributed by atoms with E-state index in [0.717, 1.165) is 4.90 Å². The average molecular weight is 426 g/mol. The van der Waals surface area contributed by atoms with Gasteiger partial charge in [-0.05, 0) is 6.07 Å². The van der Waals surface area contributed by atoms with Crippen molar-refractivity contribution < 1.29 is 28.3 Å². The molecule has 1 unspecified atom stereocenters. The lowest BCUT2D eigenvalue weighted by Gasteiger charge is -2.51. The summed E-state index contributed by atoms with van der Waals surface area (Å²) in [6.45, 7) is 0.409. The third-order valence-corrected chi connectivity index (χ3v) is 6.85. The maximum absolute atomic E-state index is 12.7. The van der Waals surface area contributed by atoms with Gasteiger partial charge in [0, 0.05) is 25.7 Å². The van der Waals surface area contributed by atoms with Crippen LogP contribution >= 0.6 is 0 Å². The summed E-state index contributed by atoms with van der Waals surface area (Å²) in [6, 6.07) is 5.45. The van der Waals surface area contributed by atoms with E-state index in [1.165, 1.54) is 34.7 Å². The maximum Gasteiger partial charge on any atom is 0.407 e. The largest absolute Gasteiger partial charge is 0.465 e. The molecule has 0 aromatic heterocycles. The zero-order chi connectivity index (χ0) is 21.2. The van der Waals surface area contributed by atoms with Crippen LogP contribution in [0.15, 0.2) is 30.3 Å². The molecule has 158 valence electrons. The van der Waals surface area contributed by atoms with Gasteiger partial charge in [-0.2, -0.15) is 4.31 Å². The zero-order valence-electron chi connectivity index (χ0n) is 15.5. The van der Waals surface area contributed by atoms with Crippen LogP contribution in [0.3, 0.4) is 0 Å². The molecular formula is C17H22N4O7S. The van der Waals surface area contributed by atoms with E-state index in [-0.39, 0.29) is 37.6 Å². The highest BCUT2D eigenvalue weighted by Gasteiger charge is 2.51. The number of hydrogen-bond donors (Lipinski definition) is 3. The van der Waals surface area contributed by atoms with Crippen LogP contribution in [-0.2, 0) is 10.0 Å². The number of aliphatic hydroxyl groups is 1. The number of carboxylic acid groups (broad SMARTS) is 1. The lowest BCUT2D eigenvalue weighted by atomic mass is 9.85. The summed E-state index contributed by atoms with van der Waals surface area (Å²) >= 11 is 0. The second kappa shape index (κ2) is 8.06. The average Bonchev–Trinajstić information content (AvgIpc) is 2.65. The molecule has 0 aliphatic carbocycles. The second-order valence-electron chi connectivity index (χ2n) is 7.10. The molecule has 3 rings (SSSR count). The Morgan fingerprint density at radius 2 is 2.07 bits per heavy atom. The fourth-order valence-corrected chi connectivity index (χ4v) is 4.80. The van der Waals surface area contributed by atoms with Gasteiger partial charge in [-0.15, -0.1) is 0 Å². The van der Waals surface area contributed by atoms with Gasteiger partial charge >= 0.3 is 6.09 Å². The molecule has 1 atom stereocenters. The lowest BCUT2D eigenvalue weighted by Crippen LogP contribution is -2.75. The smallest absolute Gasteiger partial charge is 0.407 e. The number of para-hydroxylation sites is 1. The number of benzene rings is 1. The number of sulfonamides is 1. The number of rotatable bonds is 6. The van der Waals surface area contributed by atoms with E-state index in [1.807, 2.05) is 0 Å². The summed E-state index contributed by atoms with van der Waals surface area (Å²) in [5.74, 6) is -0.342. The number of nitrogens with one attached hydrogen (secondary N) is 1. The van der Waals surface area contributed by atoms with Gasteiger partial charge in [0.25, 0.3) is 5.69 Å². The van der Waals surface area contributed by atoms with E-state index in [2.05, 4.69) is 5.32 Å². The number of amides is 1. The van der Waals surface area contributed by atoms with Crippen molar-refractivity contribution in [1.29, 1.82) is 0 Å². The van der Waals surface area contributed by atoms with Crippen molar-refractivity contribution in [2.75, 3.05) is 38.5 Å². The van der Waals surface area contributed by atoms with Crippen LogP contribution < -0.4 is 5.32 Å². The first-order valence-corrected chi connectivity index (χ1v) is 10.5. The van der Waals surface area contributed by atoms with Crippen molar-refractivity contribution in [3.63, 3.8) is 0 Å². The summed E-state index contributed by atoms with van der Waals surface area (Å²) in [6.07, 6.45) is 1.63.